The van der Waals surface area contributed by atoms with Crippen LogP contribution < -0.4 is 5.32 Å². The van der Waals surface area contributed by atoms with Gasteiger partial charge in [0, 0.05) is 17.8 Å². The highest BCUT2D eigenvalue weighted by molar-refractivity contribution is 8.00. The van der Waals surface area contributed by atoms with Gasteiger partial charge in [0.2, 0.25) is 0 Å². The van der Waals surface area contributed by atoms with Gasteiger partial charge in [-0.05, 0) is 12.8 Å². The van der Waals surface area contributed by atoms with Crippen molar-refractivity contribution in [2.75, 3.05) is 6.54 Å². The molecule has 0 aromatic carbocycles. The Morgan fingerprint density at radius 1 is 1.57 bits per heavy atom. The molecule has 0 radical (unpaired) electrons. The van der Waals surface area contributed by atoms with E-state index in [-0.39, 0.29) is 0 Å². The van der Waals surface area contributed by atoms with E-state index in [0.29, 0.717) is 5.37 Å². The number of thioether (sulfide) groups is 1. The zero-order chi connectivity index (χ0) is 9.54. The second kappa shape index (κ2) is 3.28. The maximum absolute atomic E-state index is 4.26. The third-order valence-electron chi connectivity index (χ3n) is 2.86. The van der Waals surface area contributed by atoms with Crippen molar-refractivity contribution < 1.29 is 0 Å². The molecule has 2 unspecified atom stereocenters. The van der Waals surface area contributed by atoms with Gasteiger partial charge in [-0.25, -0.2) is 4.98 Å². The van der Waals surface area contributed by atoms with E-state index in [1.165, 1.54) is 18.5 Å². The van der Waals surface area contributed by atoms with Gasteiger partial charge in [0.05, 0.1) is 23.6 Å². The topological polar surface area (TPSA) is 29.9 Å². The van der Waals surface area contributed by atoms with Crippen LogP contribution in [0.5, 0.6) is 0 Å². The summed E-state index contributed by atoms with van der Waals surface area (Å²) in [5.74, 6) is 0. The summed E-state index contributed by atoms with van der Waals surface area (Å²) in [5, 5.41) is 4.72. The highest BCUT2D eigenvalue weighted by atomic mass is 32.2. The fraction of sp³-hybridized carbons (Fsp3) is 0.700. The first-order valence-corrected chi connectivity index (χ1v) is 6.19. The minimum atomic E-state index is 0.466. The van der Waals surface area contributed by atoms with E-state index >= 15 is 0 Å². The van der Waals surface area contributed by atoms with Gasteiger partial charge in [0.15, 0.2) is 0 Å². The van der Waals surface area contributed by atoms with Crippen LogP contribution in [0.3, 0.4) is 0 Å². The van der Waals surface area contributed by atoms with Crippen LogP contribution in [0.25, 0.3) is 0 Å². The van der Waals surface area contributed by atoms with E-state index in [2.05, 4.69) is 21.8 Å². The number of nitrogens with one attached hydrogen (secondary N) is 1. The van der Waals surface area contributed by atoms with Crippen molar-refractivity contribution in [1.82, 2.24) is 14.9 Å². The zero-order valence-corrected chi connectivity index (χ0v) is 9.13. The summed E-state index contributed by atoms with van der Waals surface area (Å²) in [6, 6.07) is 0.741. The molecule has 1 N–H and O–H groups in total. The summed E-state index contributed by atoms with van der Waals surface area (Å²) >= 11 is 2.01. The van der Waals surface area contributed by atoms with Crippen molar-refractivity contribution in [3.63, 3.8) is 0 Å². The lowest BCUT2D eigenvalue weighted by atomic mass is 10.4. The van der Waals surface area contributed by atoms with Gasteiger partial charge in [-0.2, -0.15) is 0 Å². The highest BCUT2D eigenvalue weighted by Crippen LogP contribution is 2.41. The lowest BCUT2D eigenvalue weighted by Gasteiger charge is -2.12. The maximum atomic E-state index is 4.26. The summed E-state index contributed by atoms with van der Waals surface area (Å²) in [7, 11) is 0. The molecule has 2 atom stereocenters. The smallest absolute Gasteiger partial charge is 0.0961 e. The fourth-order valence-corrected chi connectivity index (χ4v) is 3.12. The van der Waals surface area contributed by atoms with Gasteiger partial charge in [-0.15, -0.1) is 11.8 Å². The quantitative estimate of drug-likeness (QED) is 0.807. The Balaban J connectivity index is 1.84. The Hall–Kier alpha value is -0.480. The molecule has 1 saturated carbocycles. The van der Waals surface area contributed by atoms with Crippen molar-refractivity contribution in [3.05, 3.63) is 18.2 Å². The SMILES string of the molecule is CC1CNC(c2cncn2C2CC2)S1. The molecule has 1 aliphatic carbocycles. The third-order valence-corrected chi connectivity index (χ3v) is 4.18. The summed E-state index contributed by atoms with van der Waals surface area (Å²) in [6.45, 7) is 3.39. The predicted octanol–water partition coefficient (Wildman–Crippen LogP) is 1.94. The molecule has 1 aromatic rings. The molecule has 4 heteroatoms. The Morgan fingerprint density at radius 2 is 2.43 bits per heavy atom. The van der Waals surface area contributed by atoms with Gasteiger partial charge in [0.25, 0.3) is 0 Å². The summed E-state index contributed by atoms with van der Waals surface area (Å²) in [4.78, 5) is 4.26. The van der Waals surface area contributed by atoms with E-state index in [1.807, 2.05) is 24.3 Å². The summed E-state index contributed by atoms with van der Waals surface area (Å²) < 4.78 is 2.35. The van der Waals surface area contributed by atoms with Crippen LogP contribution in [-0.4, -0.2) is 21.3 Å². The predicted molar refractivity (Wildman–Crippen MR) is 58.3 cm³/mol. The van der Waals surface area contributed by atoms with Gasteiger partial charge in [-0.1, -0.05) is 6.92 Å². The molecular weight excluding hydrogens is 194 g/mol. The molecule has 76 valence electrons. The molecule has 0 amide bonds. The molecule has 1 aromatic heterocycles. The number of aromatic nitrogens is 2. The molecular formula is C10H15N3S. The van der Waals surface area contributed by atoms with Gasteiger partial charge in [0.1, 0.15) is 0 Å². The second-order valence-corrected chi connectivity index (χ2v) is 5.74. The zero-order valence-electron chi connectivity index (χ0n) is 8.31. The molecule has 2 fully saturated rings. The first-order valence-electron chi connectivity index (χ1n) is 5.25. The van der Waals surface area contributed by atoms with Crippen molar-refractivity contribution >= 4 is 11.8 Å². The molecule has 3 rings (SSSR count). The Kier molecular flexibility index (Phi) is 2.06. The lowest BCUT2D eigenvalue weighted by Crippen LogP contribution is -2.16. The molecule has 1 saturated heterocycles. The van der Waals surface area contributed by atoms with E-state index in [0.717, 1.165) is 17.8 Å². The Labute approximate surface area is 88.3 Å². The second-order valence-electron chi connectivity index (χ2n) is 4.19. The minimum absolute atomic E-state index is 0.466. The number of imidazole rings is 1. The minimum Gasteiger partial charge on any atom is -0.329 e. The summed E-state index contributed by atoms with van der Waals surface area (Å²) in [5.41, 5.74) is 1.36. The van der Waals surface area contributed by atoms with E-state index in [1.54, 1.807) is 0 Å². The van der Waals surface area contributed by atoms with Crippen LogP contribution in [-0.2, 0) is 0 Å². The maximum Gasteiger partial charge on any atom is 0.0961 e. The molecule has 2 aliphatic rings. The standard InChI is InChI=1S/C10H15N3S/c1-7-4-12-10(14-7)9-5-11-6-13(9)8-2-3-8/h5-8,10,12H,2-4H2,1H3. The van der Waals surface area contributed by atoms with Crippen LogP contribution in [0.2, 0.25) is 0 Å². The van der Waals surface area contributed by atoms with E-state index in [4.69, 9.17) is 0 Å². The molecule has 0 bridgehead atoms. The van der Waals surface area contributed by atoms with E-state index < -0.39 is 0 Å². The van der Waals surface area contributed by atoms with Crippen molar-refractivity contribution in [1.29, 1.82) is 0 Å². The normalized spacial score (nSPS) is 32.4. The van der Waals surface area contributed by atoms with Crippen molar-refractivity contribution in [2.45, 2.75) is 36.4 Å². The van der Waals surface area contributed by atoms with Crippen LogP contribution in [0, 0.1) is 0 Å². The van der Waals surface area contributed by atoms with Crippen LogP contribution in [0.15, 0.2) is 12.5 Å². The third kappa shape index (κ3) is 1.46. The van der Waals surface area contributed by atoms with Gasteiger partial charge < -0.3 is 4.57 Å². The first-order chi connectivity index (χ1) is 6.84. The van der Waals surface area contributed by atoms with Crippen molar-refractivity contribution in [2.24, 2.45) is 0 Å². The van der Waals surface area contributed by atoms with Gasteiger partial charge >= 0.3 is 0 Å². The first kappa shape index (κ1) is 8.80. The Morgan fingerprint density at radius 3 is 3.07 bits per heavy atom. The molecule has 2 heterocycles. The number of hydrogen-bond acceptors (Lipinski definition) is 3. The Bertz CT molecular complexity index is 332. The number of rotatable bonds is 2. The average molecular weight is 209 g/mol. The molecule has 14 heavy (non-hydrogen) atoms. The lowest BCUT2D eigenvalue weighted by molar-refractivity contribution is 0.635. The monoisotopic (exact) mass is 209 g/mol. The largest absolute Gasteiger partial charge is 0.329 e. The van der Waals surface area contributed by atoms with Crippen LogP contribution in [0.1, 0.15) is 36.9 Å². The van der Waals surface area contributed by atoms with Gasteiger partial charge in [-0.3, -0.25) is 5.32 Å². The fourth-order valence-electron chi connectivity index (χ4n) is 1.95. The number of nitrogens with zero attached hydrogens (tertiary/aromatic N) is 2. The van der Waals surface area contributed by atoms with Crippen LogP contribution >= 0.6 is 11.8 Å². The van der Waals surface area contributed by atoms with E-state index in [9.17, 15) is 0 Å². The highest BCUT2D eigenvalue weighted by Gasteiger charge is 2.30. The molecule has 0 spiro atoms. The average Bonchev–Trinajstić information content (AvgIpc) is 2.75. The van der Waals surface area contributed by atoms with Crippen LogP contribution in [0.4, 0.5) is 0 Å². The molecule has 1 aliphatic heterocycles. The number of hydrogen-bond donors (Lipinski definition) is 1. The molecule has 3 nitrogen and oxygen atoms in total. The van der Waals surface area contributed by atoms with Crippen molar-refractivity contribution in [3.8, 4) is 0 Å². The summed E-state index contributed by atoms with van der Waals surface area (Å²) in [6.07, 6.45) is 6.66.